The van der Waals surface area contributed by atoms with Gasteiger partial charge in [0.1, 0.15) is 19.0 Å². The molecule has 0 unspecified atom stereocenters. The topological polar surface area (TPSA) is 66.6 Å². The molecule has 4 aromatic rings. The predicted octanol–water partition coefficient (Wildman–Crippen LogP) is 6.15. The normalized spacial score (nSPS) is 10.8. The second-order valence-electron chi connectivity index (χ2n) is 8.24. The second-order valence-corrected chi connectivity index (χ2v) is 8.24. The molecule has 0 atom stereocenters. The van der Waals surface area contributed by atoms with Gasteiger partial charge in [-0.2, -0.15) is 4.98 Å². The number of nitrogens with zero attached hydrogens (tertiary/aromatic N) is 1. The molecule has 4 rings (SSSR count). The molecular weight excluding hydrogens is 424 g/mol. The summed E-state index contributed by atoms with van der Waals surface area (Å²) in [6, 6.07) is 29.8. The van der Waals surface area contributed by atoms with Crippen molar-refractivity contribution in [2.75, 3.05) is 0 Å². The van der Waals surface area contributed by atoms with Crippen LogP contribution in [-0.4, -0.2) is 11.1 Å². The van der Waals surface area contributed by atoms with E-state index in [0.717, 1.165) is 33.6 Å². The lowest BCUT2D eigenvalue weighted by Gasteiger charge is -2.17. The standard InChI is InChI=1S/C29H30N2O3/c1-21(2)34-25-13-14-26(24(17-25)18-30)27-15-16-28(32-19-22-9-5-3-6-10-22)31-29(27)33-20-23-11-7-4-8-12-23/h3-17,21H,18-20,30H2,1-2H3. The Labute approximate surface area is 201 Å². The molecule has 0 saturated heterocycles. The molecule has 0 fully saturated rings. The number of benzene rings is 3. The third-order valence-corrected chi connectivity index (χ3v) is 5.24. The fourth-order valence-electron chi connectivity index (χ4n) is 3.62. The van der Waals surface area contributed by atoms with Gasteiger partial charge in [0.25, 0.3) is 0 Å². The number of nitrogens with two attached hydrogens (primary N) is 1. The van der Waals surface area contributed by atoms with E-state index in [0.29, 0.717) is 31.5 Å². The summed E-state index contributed by atoms with van der Waals surface area (Å²) in [7, 11) is 0. The highest BCUT2D eigenvalue weighted by molar-refractivity contribution is 5.73. The first-order valence-corrected chi connectivity index (χ1v) is 11.5. The van der Waals surface area contributed by atoms with Crippen molar-refractivity contribution in [1.82, 2.24) is 4.98 Å². The Kier molecular flexibility index (Phi) is 7.79. The van der Waals surface area contributed by atoms with Gasteiger partial charge in [0.2, 0.25) is 11.8 Å². The van der Waals surface area contributed by atoms with Gasteiger partial charge in [-0.1, -0.05) is 66.7 Å². The quantitative estimate of drug-likeness (QED) is 0.311. The molecule has 3 aromatic carbocycles. The summed E-state index contributed by atoms with van der Waals surface area (Å²) >= 11 is 0. The van der Waals surface area contributed by atoms with Crippen LogP contribution >= 0.6 is 0 Å². The highest BCUT2D eigenvalue weighted by atomic mass is 16.5. The van der Waals surface area contributed by atoms with E-state index in [9.17, 15) is 0 Å². The Balaban J connectivity index is 1.64. The fourth-order valence-corrected chi connectivity index (χ4v) is 3.62. The van der Waals surface area contributed by atoms with Gasteiger partial charge in [0.15, 0.2) is 0 Å². The Morgan fingerprint density at radius 3 is 1.97 bits per heavy atom. The van der Waals surface area contributed by atoms with Crippen molar-refractivity contribution in [2.24, 2.45) is 5.73 Å². The van der Waals surface area contributed by atoms with Crippen molar-refractivity contribution >= 4 is 0 Å². The van der Waals surface area contributed by atoms with E-state index in [2.05, 4.69) is 0 Å². The number of ether oxygens (including phenoxy) is 3. The molecule has 0 bridgehead atoms. The minimum absolute atomic E-state index is 0.0870. The molecule has 34 heavy (non-hydrogen) atoms. The van der Waals surface area contributed by atoms with Crippen LogP contribution in [0.4, 0.5) is 0 Å². The van der Waals surface area contributed by atoms with Crippen molar-refractivity contribution in [1.29, 1.82) is 0 Å². The Morgan fingerprint density at radius 1 is 0.735 bits per heavy atom. The molecule has 2 N–H and O–H groups in total. The molecule has 1 heterocycles. The number of aromatic nitrogens is 1. The lowest BCUT2D eigenvalue weighted by molar-refractivity contribution is 0.242. The van der Waals surface area contributed by atoms with Crippen LogP contribution in [0.1, 0.15) is 30.5 Å². The van der Waals surface area contributed by atoms with Gasteiger partial charge in [0, 0.05) is 18.2 Å². The van der Waals surface area contributed by atoms with Crippen molar-refractivity contribution in [3.63, 3.8) is 0 Å². The third kappa shape index (κ3) is 6.15. The zero-order chi connectivity index (χ0) is 23.8. The lowest BCUT2D eigenvalue weighted by Crippen LogP contribution is -2.07. The summed E-state index contributed by atoms with van der Waals surface area (Å²) < 4.78 is 18.0. The van der Waals surface area contributed by atoms with Crippen LogP contribution < -0.4 is 19.9 Å². The average Bonchev–Trinajstić information content (AvgIpc) is 2.87. The van der Waals surface area contributed by atoms with E-state index in [1.54, 1.807) is 0 Å². The molecule has 0 saturated carbocycles. The van der Waals surface area contributed by atoms with Crippen molar-refractivity contribution in [3.05, 3.63) is 108 Å². The molecule has 174 valence electrons. The number of rotatable bonds is 10. The summed E-state index contributed by atoms with van der Waals surface area (Å²) in [5, 5.41) is 0. The number of hydrogen-bond donors (Lipinski definition) is 1. The Morgan fingerprint density at radius 2 is 1.35 bits per heavy atom. The van der Waals surface area contributed by atoms with Crippen LogP contribution in [-0.2, 0) is 19.8 Å². The molecule has 5 nitrogen and oxygen atoms in total. The number of pyridine rings is 1. The smallest absolute Gasteiger partial charge is 0.225 e. The maximum atomic E-state index is 6.20. The minimum atomic E-state index is 0.0870. The predicted molar refractivity (Wildman–Crippen MR) is 135 cm³/mol. The lowest BCUT2D eigenvalue weighted by atomic mass is 10.00. The number of hydrogen-bond acceptors (Lipinski definition) is 5. The zero-order valence-corrected chi connectivity index (χ0v) is 19.6. The molecule has 0 spiro atoms. The van der Waals surface area contributed by atoms with E-state index in [1.807, 2.05) is 105 Å². The van der Waals surface area contributed by atoms with E-state index in [1.165, 1.54) is 0 Å². The van der Waals surface area contributed by atoms with Gasteiger partial charge in [-0.15, -0.1) is 0 Å². The van der Waals surface area contributed by atoms with Gasteiger partial charge in [0.05, 0.1) is 6.10 Å². The van der Waals surface area contributed by atoms with Crippen LogP contribution in [0.25, 0.3) is 11.1 Å². The van der Waals surface area contributed by atoms with Crippen LogP contribution in [0.15, 0.2) is 91.0 Å². The maximum absolute atomic E-state index is 6.20. The van der Waals surface area contributed by atoms with Crippen LogP contribution in [0.2, 0.25) is 0 Å². The molecule has 0 aliphatic carbocycles. The van der Waals surface area contributed by atoms with Crippen LogP contribution in [0.5, 0.6) is 17.5 Å². The maximum Gasteiger partial charge on any atom is 0.225 e. The monoisotopic (exact) mass is 454 g/mol. The summed E-state index contributed by atoms with van der Waals surface area (Å²) in [6.45, 7) is 5.21. The summed E-state index contributed by atoms with van der Waals surface area (Å²) in [5.74, 6) is 1.80. The average molecular weight is 455 g/mol. The van der Waals surface area contributed by atoms with Gasteiger partial charge in [-0.25, -0.2) is 0 Å². The molecule has 0 amide bonds. The van der Waals surface area contributed by atoms with Crippen molar-refractivity contribution in [3.8, 4) is 28.6 Å². The first-order chi connectivity index (χ1) is 16.6. The molecular formula is C29H30N2O3. The van der Waals surface area contributed by atoms with Crippen LogP contribution in [0, 0.1) is 0 Å². The molecule has 1 aromatic heterocycles. The summed E-state index contributed by atoms with van der Waals surface area (Å²) in [6.07, 6.45) is 0.0870. The molecule has 0 radical (unpaired) electrons. The fraction of sp³-hybridized carbons (Fsp3) is 0.207. The molecule has 5 heteroatoms. The summed E-state index contributed by atoms with van der Waals surface area (Å²) in [5.41, 5.74) is 11.0. The summed E-state index contributed by atoms with van der Waals surface area (Å²) in [4.78, 5) is 4.71. The first-order valence-electron chi connectivity index (χ1n) is 11.5. The minimum Gasteiger partial charge on any atom is -0.491 e. The van der Waals surface area contributed by atoms with E-state index in [4.69, 9.17) is 24.9 Å². The van der Waals surface area contributed by atoms with Gasteiger partial charge in [-0.05, 0) is 54.3 Å². The third-order valence-electron chi connectivity index (χ3n) is 5.24. The van der Waals surface area contributed by atoms with Gasteiger partial charge < -0.3 is 19.9 Å². The highest BCUT2D eigenvalue weighted by Crippen LogP contribution is 2.35. The van der Waals surface area contributed by atoms with E-state index >= 15 is 0 Å². The van der Waals surface area contributed by atoms with E-state index < -0.39 is 0 Å². The SMILES string of the molecule is CC(C)Oc1ccc(-c2ccc(OCc3ccccc3)nc2OCc2ccccc2)c(CN)c1. The molecule has 0 aliphatic rings. The second kappa shape index (κ2) is 11.3. The van der Waals surface area contributed by atoms with Gasteiger partial charge >= 0.3 is 0 Å². The molecule has 0 aliphatic heterocycles. The first kappa shape index (κ1) is 23.3. The Bertz CT molecular complexity index is 1190. The van der Waals surface area contributed by atoms with E-state index in [-0.39, 0.29) is 6.10 Å². The van der Waals surface area contributed by atoms with Gasteiger partial charge in [-0.3, -0.25) is 0 Å². The Hall–Kier alpha value is -3.83. The van der Waals surface area contributed by atoms with Crippen molar-refractivity contribution in [2.45, 2.75) is 39.7 Å². The van der Waals surface area contributed by atoms with Crippen LogP contribution in [0.3, 0.4) is 0 Å². The zero-order valence-electron chi connectivity index (χ0n) is 19.6. The van der Waals surface area contributed by atoms with Crippen molar-refractivity contribution < 1.29 is 14.2 Å². The largest absolute Gasteiger partial charge is 0.491 e. The highest BCUT2D eigenvalue weighted by Gasteiger charge is 2.15.